The van der Waals surface area contributed by atoms with Crippen molar-refractivity contribution in [3.63, 3.8) is 0 Å². The molecule has 9 nitrogen and oxygen atoms in total. The van der Waals surface area contributed by atoms with E-state index in [4.69, 9.17) is 10.8 Å². The molecule has 1 aliphatic carbocycles. The Labute approximate surface area is 172 Å². The van der Waals surface area contributed by atoms with Crippen molar-refractivity contribution in [1.82, 2.24) is 15.1 Å². The lowest BCUT2D eigenvalue weighted by molar-refractivity contribution is 0.100. The standard InChI is InChI=1S/C20H23FN6O3/c21-14-2-4-15(5-3-14)25-19-16(18(23)28)11-27(26-19)17-6-1-12(9-13(17)10-22)7-8-24-20(29)30/h2-5,11-13,17,24H,1,6-9H2,(H2,23,28)(H,25,26)(H,29,30). The number of hydrogen-bond acceptors (Lipinski definition) is 5. The normalized spacial score (nSPS) is 20.9. The minimum atomic E-state index is -1.06. The highest BCUT2D eigenvalue weighted by molar-refractivity contribution is 5.98. The number of carbonyl (C=O) groups excluding carboxylic acids is 1. The number of primary amides is 1. The Morgan fingerprint density at radius 1 is 1.33 bits per heavy atom. The molecule has 30 heavy (non-hydrogen) atoms. The summed E-state index contributed by atoms with van der Waals surface area (Å²) in [6, 6.07) is 7.72. The molecule has 0 radical (unpaired) electrons. The summed E-state index contributed by atoms with van der Waals surface area (Å²) in [5.74, 6) is -0.881. The molecule has 0 spiro atoms. The van der Waals surface area contributed by atoms with Crippen molar-refractivity contribution in [2.24, 2.45) is 17.6 Å². The minimum Gasteiger partial charge on any atom is -0.465 e. The number of benzene rings is 1. The summed E-state index contributed by atoms with van der Waals surface area (Å²) in [5.41, 5.74) is 6.23. The van der Waals surface area contributed by atoms with E-state index in [9.17, 15) is 19.2 Å². The van der Waals surface area contributed by atoms with E-state index in [1.807, 2.05) is 0 Å². The summed E-state index contributed by atoms with van der Waals surface area (Å²) >= 11 is 0. The first-order valence-electron chi connectivity index (χ1n) is 9.65. The monoisotopic (exact) mass is 414 g/mol. The van der Waals surface area contributed by atoms with Gasteiger partial charge in [-0.1, -0.05) is 0 Å². The van der Waals surface area contributed by atoms with Gasteiger partial charge in [0.15, 0.2) is 5.82 Å². The second kappa shape index (κ2) is 9.26. The number of anilines is 2. The first kappa shape index (κ1) is 21.1. The molecule has 0 saturated heterocycles. The Hall–Kier alpha value is -3.61. The fourth-order valence-electron chi connectivity index (χ4n) is 3.85. The fraction of sp³-hybridized carbons (Fsp3) is 0.400. The van der Waals surface area contributed by atoms with Crippen LogP contribution in [0.5, 0.6) is 0 Å². The van der Waals surface area contributed by atoms with E-state index in [0.717, 1.165) is 6.42 Å². The van der Waals surface area contributed by atoms with Crippen molar-refractivity contribution >= 4 is 23.5 Å². The number of nitriles is 1. The van der Waals surface area contributed by atoms with E-state index in [0.29, 0.717) is 31.5 Å². The number of nitrogens with one attached hydrogen (secondary N) is 2. The molecule has 1 aromatic heterocycles. The molecule has 2 amide bonds. The van der Waals surface area contributed by atoms with Crippen LogP contribution in [0.15, 0.2) is 30.5 Å². The summed E-state index contributed by atoms with van der Waals surface area (Å²) in [6.45, 7) is 0.349. The van der Waals surface area contributed by atoms with E-state index >= 15 is 0 Å². The van der Waals surface area contributed by atoms with Crippen molar-refractivity contribution < 1.29 is 19.1 Å². The molecule has 3 rings (SSSR count). The maximum absolute atomic E-state index is 13.1. The van der Waals surface area contributed by atoms with Crippen LogP contribution in [0.2, 0.25) is 0 Å². The van der Waals surface area contributed by atoms with E-state index < -0.39 is 12.0 Å². The number of carbonyl (C=O) groups is 2. The average molecular weight is 414 g/mol. The highest BCUT2D eigenvalue weighted by Crippen LogP contribution is 2.38. The predicted molar refractivity (Wildman–Crippen MR) is 107 cm³/mol. The van der Waals surface area contributed by atoms with Gasteiger partial charge in [0.2, 0.25) is 0 Å². The maximum Gasteiger partial charge on any atom is 0.404 e. The van der Waals surface area contributed by atoms with Crippen molar-refractivity contribution in [3.05, 3.63) is 41.8 Å². The molecule has 1 fully saturated rings. The Kier molecular flexibility index (Phi) is 6.51. The Morgan fingerprint density at radius 3 is 2.70 bits per heavy atom. The minimum absolute atomic E-state index is 0.184. The fourth-order valence-corrected chi connectivity index (χ4v) is 3.85. The smallest absolute Gasteiger partial charge is 0.404 e. The molecule has 10 heteroatoms. The Bertz CT molecular complexity index is 952. The SMILES string of the molecule is N#CC1CC(CCNC(=O)O)CCC1n1cc(C(N)=O)c(Nc2ccc(F)cc2)n1. The van der Waals surface area contributed by atoms with Gasteiger partial charge in [-0.05, 0) is 55.9 Å². The number of amides is 2. The Morgan fingerprint density at radius 2 is 2.07 bits per heavy atom. The molecule has 2 aromatic rings. The van der Waals surface area contributed by atoms with Crippen LogP contribution in [-0.2, 0) is 0 Å². The molecule has 158 valence electrons. The highest BCUT2D eigenvalue weighted by Gasteiger charge is 2.33. The molecule has 1 aliphatic rings. The number of nitrogens with two attached hydrogens (primary N) is 1. The molecule has 1 heterocycles. The molecule has 3 atom stereocenters. The van der Waals surface area contributed by atoms with Gasteiger partial charge in [0, 0.05) is 18.4 Å². The van der Waals surface area contributed by atoms with Gasteiger partial charge < -0.3 is 21.5 Å². The van der Waals surface area contributed by atoms with Crippen molar-refractivity contribution in [2.45, 2.75) is 31.7 Å². The second-order valence-electron chi connectivity index (χ2n) is 7.37. The third-order valence-electron chi connectivity index (χ3n) is 5.36. The van der Waals surface area contributed by atoms with Gasteiger partial charge >= 0.3 is 6.09 Å². The van der Waals surface area contributed by atoms with Crippen LogP contribution in [0.25, 0.3) is 0 Å². The van der Waals surface area contributed by atoms with Crippen LogP contribution in [0.4, 0.5) is 20.7 Å². The lowest BCUT2D eigenvalue weighted by atomic mass is 9.77. The van der Waals surface area contributed by atoms with Crippen LogP contribution in [0, 0.1) is 29.0 Å². The van der Waals surface area contributed by atoms with Crippen molar-refractivity contribution in [3.8, 4) is 6.07 Å². The predicted octanol–water partition coefficient (Wildman–Crippen LogP) is 3.00. The van der Waals surface area contributed by atoms with Gasteiger partial charge in [0.1, 0.15) is 11.4 Å². The molecular weight excluding hydrogens is 391 g/mol. The zero-order valence-corrected chi connectivity index (χ0v) is 16.2. The number of halogens is 1. The third-order valence-corrected chi connectivity index (χ3v) is 5.36. The quantitative estimate of drug-likeness (QED) is 0.548. The number of hydrogen-bond donors (Lipinski definition) is 4. The summed E-state index contributed by atoms with van der Waals surface area (Å²) in [7, 11) is 0. The van der Waals surface area contributed by atoms with Crippen molar-refractivity contribution in [1.29, 1.82) is 5.26 Å². The van der Waals surface area contributed by atoms with E-state index in [2.05, 4.69) is 21.8 Å². The van der Waals surface area contributed by atoms with Crippen LogP contribution in [-0.4, -0.2) is 33.4 Å². The number of carboxylic acid groups (broad SMARTS) is 1. The van der Waals surface area contributed by atoms with Crippen LogP contribution in [0.3, 0.4) is 0 Å². The third kappa shape index (κ3) is 5.05. The summed E-state index contributed by atoms with van der Waals surface area (Å²) in [4.78, 5) is 22.5. The summed E-state index contributed by atoms with van der Waals surface area (Å²) < 4.78 is 14.7. The largest absolute Gasteiger partial charge is 0.465 e. The van der Waals surface area contributed by atoms with Gasteiger partial charge in [-0.25, -0.2) is 9.18 Å². The van der Waals surface area contributed by atoms with Crippen molar-refractivity contribution in [2.75, 3.05) is 11.9 Å². The summed E-state index contributed by atoms with van der Waals surface area (Å²) in [5, 5.41) is 28.1. The maximum atomic E-state index is 13.1. The molecular formula is C20H23FN6O3. The zero-order chi connectivity index (χ0) is 21.7. The number of rotatable bonds is 7. The molecule has 1 saturated carbocycles. The molecule has 3 unspecified atom stereocenters. The molecule has 0 bridgehead atoms. The second-order valence-corrected chi connectivity index (χ2v) is 7.37. The molecule has 0 aliphatic heterocycles. The van der Waals surface area contributed by atoms with Gasteiger partial charge in [-0.15, -0.1) is 0 Å². The van der Waals surface area contributed by atoms with Gasteiger partial charge in [-0.3, -0.25) is 9.48 Å². The Balaban J connectivity index is 1.74. The lowest BCUT2D eigenvalue weighted by Crippen LogP contribution is -2.30. The average Bonchev–Trinajstić information content (AvgIpc) is 3.13. The topological polar surface area (TPSA) is 146 Å². The lowest BCUT2D eigenvalue weighted by Gasteiger charge is -2.32. The van der Waals surface area contributed by atoms with Crippen LogP contribution >= 0.6 is 0 Å². The van der Waals surface area contributed by atoms with Crippen LogP contribution in [0.1, 0.15) is 42.1 Å². The van der Waals surface area contributed by atoms with Crippen LogP contribution < -0.4 is 16.4 Å². The van der Waals surface area contributed by atoms with E-state index in [-0.39, 0.29) is 35.1 Å². The highest BCUT2D eigenvalue weighted by atomic mass is 19.1. The zero-order valence-electron chi connectivity index (χ0n) is 16.2. The van der Waals surface area contributed by atoms with Gasteiger partial charge in [0.25, 0.3) is 5.91 Å². The summed E-state index contributed by atoms with van der Waals surface area (Å²) in [6.07, 6.45) is 3.25. The molecule has 5 N–H and O–H groups in total. The number of nitrogens with zero attached hydrogens (tertiary/aromatic N) is 3. The van der Waals surface area contributed by atoms with E-state index in [1.54, 1.807) is 4.68 Å². The van der Waals surface area contributed by atoms with Gasteiger partial charge in [-0.2, -0.15) is 10.4 Å². The number of aromatic nitrogens is 2. The van der Waals surface area contributed by atoms with E-state index in [1.165, 1.54) is 30.5 Å². The van der Waals surface area contributed by atoms with Gasteiger partial charge in [0.05, 0.1) is 18.0 Å². The first-order chi connectivity index (χ1) is 14.4. The first-order valence-corrected chi connectivity index (χ1v) is 9.65. The molecule has 1 aromatic carbocycles.